The van der Waals surface area contributed by atoms with Gasteiger partial charge in [-0.15, -0.1) is 0 Å². The number of ether oxygens (including phenoxy) is 1. The summed E-state index contributed by atoms with van der Waals surface area (Å²) in [7, 11) is 0. The Morgan fingerprint density at radius 2 is 2.14 bits per heavy atom. The molecule has 6 heteroatoms. The Hall–Kier alpha value is -1.14. The number of hydrogen-bond donors (Lipinski definition) is 2. The molecule has 2 aliphatic rings. The number of carboxylic acids is 1. The van der Waals surface area contributed by atoms with Gasteiger partial charge in [-0.2, -0.15) is 0 Å². The highest BCUT2D eigenvalue weighted by atomic mass is 16.5. The fourth-order valence-electron chi connectivity index (χ4n) is 3.64. The number of nitrogens with one attached hydrogen (secondary N) is 1. The number of carboxylic acid groups (broad SMARTS) is 1. The smallest absolute Gasteiger partial charge is 0.311 e. The van der Waals surface area contributed by atoms with E-state index in [-0.39, 0.29) is 24.0 Å². The molecular formula is C15H26N2O4. The van der Waals surface area contributed by atoms with Crippen molar-refractivity contribution < 1.29 is 19.4 Å². The first-order valence-corrected chi connectivity index (χ1v) is 7.88. The lowest BCUT2D eigenvalue weighted by Gasteiger charge is -2.37. The summed E-state index contributed by atoms with van der Waals surface area (Å²) in [5, 5.41) is 12.6. The molecule has 0 radical (unpaired) electrons. The Morgan fingerprint density at radius 1 is 1.38 bits per heavy atom. The van der Waals surface area contributed by atoms with Crippen molar-refractivity contribution >= 4 is 11.9 Å². The second kappa shape index (κ2) is 6.75. The van der Waals surface area contributed by atoms with Crippen LogP contribution in [0.2, 0.25) is 0 Å². The summed E-state index contributed by atoms with van der Waals surface area (Å²) in [6.07, 6.45) is 2.64. The first kappa shape index (κ1) is 16.2. The lowest BCUT2D eigenvalue weighted by molar-refractivity contribution is -0.149. The van der Waals surface area contributed by atoms with Gasteiger partial charge in [0.15, 0.2) is 0 Å². The molecule has 0 aromatic rings. The lowest BCUT2D eigenvalue weighted by atomic mass is 9.80. The number of carbonyl (C=O) groups excluding carboxylic acids is 1. The first-order chi connectivity index (χ1) is 10.1. The number of rotatable bonds is 6. The monoisotopic (exact) mass is 298 g/mol. The Morgan fingerprint density at radius 3 is 2.67 bits per heavy atom. The van der Waals surface area contributed by atoms with Gasteiger partial charge in [0.2, 0.25) is 5.91 Å². The van der Waals surface area contributed by atoms with Gasteiger partial charge in [-0.3, -0.25) is 9.59 Å². The van der Waals surface area contributed by atoms with E-state index in [4.69, 9.17) is 4.74 Å². The van der Waals surface area contributed by atoms with Crippen LogP contribution in [0.1, 0.15) is 33.1 Å². The molecule has 2 saturated heterocycles. The maximum atomic E-state index is 13.1. The van der Waals surface area contributed by atoms with Crippen molar-refractivity contribution in [3.63, 3.8) is 0 Å². The van der Waals surface area contributed by atoms with E-state index in [1.54, 1.807) is 4.90 Å². The maximum absolute atomic E-state index is 13.1. The predicted molar refractivity (Wildman–Crippen MR) is 77.9 cm³/mol. The van der Waals surface area contributed by atoms with Crippen LogP contribution in [-0.2, 0) is 14.3 Å². The molecule has 0 bridgehead atoms. The summed E-state index contributed by atoms with van der Waals surface area (Å²) in [5.74, 6) is -1.39. The molecule has 120 valence electrons. The summed E-state index contributed by atoms with van der Waals surface area (Å²) >= 11 is 0. The van der Waals surface area contributed by atoms with Gasteiger partial charge in [-0.1, -0.05) is 13.3 Å². The van der Waals surface area contributed by atoms with E-state index < -0.39 is 11.9 Å². The van der Waals surface area contributed by atoms with Gasteiger partial charge in [0.05, 0.1) is 24.7 Å². The van der Waals surface area contributed by atoms with E-state index in [0.717, 1.165) is 25.8 Å². The van der Waals surface area contributed by atoms with Crippen molar-refractivity contribution in [3.05, 3.63) is 0 Å². The average Bonchev–Trinajstić information content (AvgIpc) is 3.09. The van der Waals surface area contributed by atoms with Crippen LogP contribution in [-0.4, -0.2) is 60.8 Å². The van der Waals surface area contributed by atoms with Crippen molar-refractivity contribution in [2.24, 2.45) is 11.3 Å². The van der Waals surface area contributed by atoms with Crippen LogP contribution in [0.25, 0.3) is 0 Å². The molecule has 0 aromatic heterocycles. The molecule has 0 aromatic carbocycles. The van der Waals surface area contributed by atoms with E-state index >= 15 is 0 Å². The van der Waals surface area contributed by atoms with E-state index in [0.29, 0.717) is 19.7 Å². The Labute approximate surface area is 125 Å². The third-order valence-electron chi connectivity index (χ3n) is 4.80. The minimum atomic E-state index is -0.877. The number of likely N-dealkylation sites (N-methyl/N-ethyl adjacent to an activating group) is 1. The number of amides is 1. The molecule has 6 nitrogen and oxygen atoms in total. The fourth-order valence-corrected chi connectivity index (χ4v) is 3.64. The first-order valence-electron chi connectivity index (χ1n) is 7.88. The van der Waals surface area contributed by atoms with Crippen LogP contribution in [0.4, 0.5) is 0 Å². The molecule has 2 N–H and O–H groups in total. The molecule has 2 heterocycles. The third kappa shape index (κ3) is 3.06. The highest BCUT2D eigenvalue weighted by Crippen LogP contribution is 2.35. The summed E-state index contributed by atoms with van der Waals surface area (Å²) < 4.78 is 5.33. The summed E-state index contributed by atoms with van der Waals surface area (Å²) in [6, 6.07) is -0.339. The Bertz CT molecular complexity index is 393. The zero-order valence-electron chi connectivity index (χ0n) is 12.9. The molecule has 21 heavy (non-hydrogen) atoms. The van der Waals surface area contributed by atoms with Crippen molar-refractivity contribution in [2.45, 2.75) is 39.2 Å². The van der Waals surface area contributed by atoms with E-state index in [1.165, 1.54) is 0 Å². The zero-order valence-corrected chi connectivity index (χ0v) is 12.9. The quantitative estimate of drug-likeness (QED) is 0.755. The minimum absolute atomic E-state index is 0.0959. The van der Waals surface area contributed by atoms with Crippen LogP contribution in [0.5, 0.6) is 0 Å². The third-order valence-corrected chi connectivity index (χ3v) is 4.80. The zero-order chi connectivity index (χ0) is 15.5. The molecule has 2 aliphatic heterocycles. The standard InChI is InChI=1S/C15H26N2O4/c1-3-5-15(6-7-16-10-15)14(20)17(4-2)12-9-21-8-11(12)13(18)19/h11-12,16H,3-10H2,1-2H3,(H,18,19). The highest BCUT2D eigenvalue weighted by molar-refractivity contribution is 5.84. The fraction of sp³-hybridized carbons (Fsp3) is 0.867. The van der Waals surface area contributed by atoms with E-state index in [9.17, 15) is 14.7 Å². The molecular weight excluding hydrogens is 272 g/mol. The van der Waals surface area contributed by atoms with Gasteiger partial charge in [-0.25, -0.2) is 0 Å². The molecule has 0 aliphatic carbocycles. The minimum Gasteiger partial charge on any atom is -0.481 e. The van der Waals surface area contributed by atoms with Crippen LogP contribution in [0, 0.1) is 11.3 Å². The van der Waals surface area contributed by atoms with Gasteiger partial charge in [0, 0.05) is 13.1 Å². The molecule has 2 fully saturated rings. The average molecular weight is 298 g/mol. The Kier molecular flexibility index (Phi) is 5.22. The SMILES string of the molecule is CCCC1(C(=O)N(CC)C2COCC2C(=O)O)CCNC1. The van der Waals surface area contributed by atoms with Crippen molar-refractivity contribution in [2.75, 3.05) is 32.8 Å². The second-order valence-electron chi connectivity index (χ2n) is 6.10. The number of carbonyl (C=O) groups is 2. The number of nitrogens with zero attached hydrogens (tertiary/aromatic N) is 1. The molecule has 0 spiro atoms. The number of aliphatic carboxylic acids is 1. The molecule has 3 unspecified atom stereocenters. The summed E-state index contributed by atoms with van der Waals surface area (Å²) in [5.41, 5.74) is -0.365. The summed E-state index contributed by atoms with van der Waals surface area (Å²) in [6.45, 7) is 6.60. The van der Waals surface area contributed by atoms with Gasteiger partial charge in [-0.05, 0) is 26.3 Å². The highest BCUT2D eigenvalue weighted by Gasteiger charge is 2.47. The van der Waals surface area contributed by atoms with Gasteiger partial charge in [0.25, 0.3) is 0 Å². The van der Waals surface area contributed by atoms with E-state index in [2.05, 4.69) is 12.2 Å². The van der Waals surface area contributed by atoms with Crippen molar-refractivity contribution in [1.82, 2.24) is 10.2 Å². The molecule has 1 amide bonds. The molecule has 0 saturated carbocycles. The van der Waals surface area contributed by atoms with Gasteiger partial charge >= 0.3 is 5.97 Å². The Balaban J connectivity index is 2.19. The summed E-state index contributed by atoms with van der Waals surface area (Å²) in [4.78, 5) is 26.2. The maximum Gasteiger partial charge on any atom is 0.311 e. The normalized spacial score (nSPS) is 32.3. The lowest BCUT2D eigenvalue weighted by Crippen LogP contribution is -2.53. The molecule has 3 atom stereocenters. The predicted octanol–water partition coefficient (Wildman–Crippen LogP) is 0.714. The van der Waals surface area contributed by atoms with Crippen LogP contribution >= 0.6 is 0 Å². The van der Waals surface area contributed by atoms with Crippen molar-refractivity contribution in [3.8, 4) is 0 Å². The van der Waals surface area contributed by atoms with Crippen LogP contribution in [0.15, 0.2) is 0 Å². The van der Waals surface area contributed by atoms with Gasteiger partial charge < -0.3 is 20.1 Å². The van der Waals surface area contributed by atoms with Crippen LogP contribution < -0.4 is 5.32 Å². The van der Waals surface area contributed by atoms with E-state index in [1.807, 2.05) is 6.92 Å². The largest absolute Gasteiger partial charge is 0.481 e. The topological polar surface area (TPSA) is 78.9 Å². The van der Waals surface area contributed by atoms with Crippen molar-refractivity contribution in [1.29, 1.82) is 0 Å². The number of hydrogen-bond acceptors (Lipinski definition) is 4. The second-order valence-corrected chi connectivity index (χ2v) is 6.10. The molecule has 2 rings (SSSR count). The van der Waals surface area contributed by atoms with Crippen LogP contribution in [0.3, 0.4) is 0 Å². The van der Waals surface area contributed by atoms with Gasteiger partial charge in [0.1, 0.15) is 5.92 Å².